The molecule has 3 N–H and O–H groups in total. The van der Waals surface area contributed by atoms with Crippen LogP contribution in [0.25, 0.3) is 5.57 Å². The number of hydrazone groups is 1. The van der Waals surface area contributed by atoms with E-state index in [9.17, 15) is 33.0 Å². The number of rotatable bonds is 5. The highest BCUT2D eigenvalue weighted by atomic mass is 35.5. The summed E-state index contributed by atoms with van der Waals surface area (Å²) in [7, 11) is 0. The molecule has 40 heavy (non-hydrogen) atoms. The molecule has 0 bridgehead atoms. The first kappa shape index (κ1) is 27.0. The molecule has 0 aromatic heterocycles. The van der Waals surface area contributed by atoms with Crippen molar-refractivity contribution in [1.29, 1.82) is 0 Å². The highest BCUT2D eigenvalue weighted by molar-refractivity contribution is 6.55. The normalized spacial score (nSPS) is 19.5. The molecule has 0 fully saturated rings. The second-order valence-corrected chi connectivity index (χ2v) is 9.80. The summed E-state index contributed by atoms with van der Waals surface area (Å²) >= 11 is 6.24. The number of amides is 1. The van der Waals surface area contributed by atoms with Crippen molar-refractivity contribution in [2.75, 3.05) is 4.90 Å². The summed E-state index contributed by atoms with van der Waals surface area (Å²) in [6, 6.07) is 13.9. The van der Waals surface area contributed by atoms with E-state index >= 15 is 0 Å². The zero-order valence-corrected chi connectivity index (χ0v) is 21.6. The van der Waals surface area contributed by atoms with Crippen molar-refractivity contribution in [2.24, 2.45) is 5.10 Å². The highest BCUT2D eigenvalue weighted by Crippen LogP contribution is 2.41. The Morgan fingerprint density at radius 3 is 2.52 bits per heavy atom. The van der Waals surface area contributed by atoms with Crippen LogP contribution in [-0.4, -0.2) is 33.3 Å². The number of carbonyl (C=O) groups is 2. The molecule has 3 aromatic rings. The molecule has 1 atom stereocenters. The number of anilines is 2. The SMILES string of the molecule is Cc1ccc(N2C(=O)C(=NNC3(C(=O)O)C=CC=C(c4ccccc4O)C3)c3ccc(C(F)(F)F)cc32)cc1Cl. The summed E-state index contributed by atoms with van der Waals surface area (Å²) in [5, 5.41) is 24.9. The second-order valence-electron chi connectivity index (χ2n) is 9.40. The van der Waals surface area contributed by atoms with E-state index in [1.165, 1.54) is 24.3 Å². The molecule has 1 aliphatic carbocycles. The number of fused-ring (bicyclic) bond motifs is 1. The van der Waals surface area contributed by atoms with Gasteiger partial charge in [-0.1, -0.05) is 48.0 Å². The van der Waals surface area contributed by atoms with E-state index in [-0.39, 0.29) is 34.8 Å². The predicted molar refractivity (Wildman–Crippen MR) is 145 cm³/mol. The number of nitrogens with zero attached hydrogens (tertiary/aromatic N) is 2. The number of carbonyl (C=O) groups excluding carboxylic acids is 1. The number of allylic oxidation sites excluding steroid dienone is 2. The Labute approximate surface area is 231 Å². The van der Waals surface area contributed by atoms with Gasteiger partial charge in [-0.3, -0.25) is 15.1 Å². The van der Waals surface area contributed by atoms with Crippen molar-refractivity contribution in [1.82, 2.24) is 5.43 Å². The van der Waals surface area contributed by atoms with Crippen LogP contribution in [-0.2, 0) is 15.8 Å². The van der Waals surface area contributed by atoms with Crippen LogP contribution in [0.5, 0.6) is 5.75 Å². The Morgan fingerprint density at radius 2 is 1.85 bits per heavy atom. The van der Waals surface area contributed by atoms with Gasteiger partial charge in [-0.05, 0) is 60.5 Å². The summed E-state index contributed by atoms with van der Waals surface area (Å²) in [5.41, 5.74) is 1.41. The number of hydrogen-bond donors (Lipinski definition) is 3. The van der Waals surface area contributed by atoms with Crippen molar-refractivity contribution >= 4 is 46.1 Å². The minimum atomic E-state index is -4.67. The summed E-state index contributed by atoms with van der Waals surface area (Å²) in [6.07, 6.45) is -0.305. The third-order valence-corrected chi connectivity index (χ3v) is 7.19. The number of phenols is 1. The molecule has 1 heterocycles. The lowest BCUT2D eigenvalue weighted by atomic mass is 9.84. The Hall–Kier alpha value is -4.57. The van der Waals surface area contributed by atoms with Crippen molar-refractivity contribution in [3.05, 3.63) is 106 Å². The van der Waals surface area contributed by atoms with Crippen molar-refractivity contribution < 1.29 is 33.0 Å². The summed E-state index contributed by atoms with van der Waals surface area (Å²) < 4.78 is 40.7. The zero-order chi connectivity index (χ0) is 28.8. The minimum Gasteiger partial charge on any atom is -0.507 e. The van der Waals surface area contributed by atoms with Gasteiger partial charge in [0.2, 0.25) is 0 Å². The molecule has 0 radical (unpaired) electrons. The van der Waals surface area contributed by atoms with E-state index in [4.69, 9.17) is 11.6 Å². The minimum absolute atomic E-state index is 0.0394. The van der Waals surface area contributed by atoms with Crippen molar-refractivity contribution in [2.45, 2.75) is 25.1 Å². The molecule has 0 saturated heterocycles. The molecular formula is C29H21ClF3N3O4. The molecule has 3 aromatic carbocycles. The summed E-state index contributed by atoms with van der Waals surface area (Å²) in [4.78, 5) is 27.2. The highest BCUT2D eigenvalue weighted by Gasteiger charge is 2.42. The van der Waals surface area contributed by atoms with Crippen LogP contribution in [0.3, 0.4) is 0 Å². The number of carboxylic acid groups (broad SMARTS) is 1. The second kappa shape index (κ2) is 9.87. The van der Waals surface area contributed by atoms with Gasteiger partial charge >= 0.3 is 12.1 Å². The van der Waals surface area contributed by atoms with E-state index < -0.39 is 29.2 Å². The van der Waals surface area contributed by atoms with Gasteiger partial charge in [0.15, 0.2) is 11.3 Å². The van der Waals surface area contributed by atoms with Gasteiger partial charge in [-0.25, -0.2) is 4.79 Å². The number of halogens is 4. The number of aryl methyl sites for hydroxylation is 1. The number of phenolic OH excluding ortho intramolecular Hbond substituents is 1. The number of para-hydroxylation sites is 1. The molecule has 2 aliphatic rings. The predicted octanol–water partition coefficient (Wildman–Crippen LogP) is 6.21. The number of aromatic hydroxyl groups is 1. The van der Waals surface area contributed by atoms with Gasteiger partial charge in [-0.2, -0.15) is 18.3 Å². The molecule has 1 amide bonds. The first-order valence-corrected chi connectivity index (χ1v) is 12.4. The Morgan fingerprint density at radius 1 is 1.10 bits per heavy atom. The first-order valence-electron chi connectivity index (χ1n) is 12.0. The van der Waals surface area contributed by atoms with E-state index in [0.717, 1.165) is 23.1 Å². The average Bonchev–Trinajstić information content (AvgIpc) is 3.19. The first-order chi connectivity index (χ1) is 18.9. The van der Waals surface area contributed by atoms with Crippen LogP contribution in [0.2, 0.25) is 5.02 Å². The summed E-state index contributed by atoms with van der Waals surface area (Å²) in [6.45, 7) is 1.74. The fourth-order valence-electron chi connectivity index (χ4n) is 4.61. The van der Waals surface area contributed by atoms with Crippen molar-refractivity contribution in [3.63, 3.8) is 0 Å². The fraction of sp³-hybridized carbons (Fsp3) is 0.138. The Bertz CT molecular complexity index is 1650. The molecular weight excluding hydrogens is 547 g/mol. The van der Waals surface area contributed by atoms with Gasteiger partial charge in [0.1, 0.15) is 5.75 Å². The number of benzene rings is 3. The maximum atomic E-state index is 13.6. The van der Waals surface area contributed by atoms with Gasteiger partial charge in [-0.15, -0.1) is 0 Å². The van der Waals surface area contributed by atoms with E-state index in [1.807, 2.05) is 0 Å². The van der Waals surface area contributed by atoms with Crippen LogP contribution in [0.4, 0.5) is 24.5 Å². The zero-order valence-electron chi connectivity index (χ0n) is 20.8. The van der Waals surface area contributed by atoms with Gasteiger partial charge in [0.25, 0.3) is 5.91 Å². The van der Waals surface area contributed by atoms with Crippen LogP contribution < -0.4 is 10.3 Å². The van der Waals surface area contributed by atoms with Crippen LogP contribution >= 0.6 is 11.6 Å². The number of aliphatic carboxylic acids is 1. The van der Waals surface area contributed by atoms with Crippen LogP contribution in [0, 0.1) is 6.92 Å². The molecule has 11 heteroatoms. The van der Waals surface area contributed by atoms with Crippen LogP contribution in [0.1, 0.15) is 28.7 Å². The number of carboxylic acids is 1. The Kier molecular flexibility index (Phi) is 6.67. The molecule has 204 valence electrons. The van der Waals surface area contributed by atoms with E-state index in [2.05, 4.69) is 10.5 Å². The van der Waals surface area contributed by atoms with Crippen LogP contribution in [0.15, 0.2) is 84.0 Å². The van der Waals surface area contributed by atoms with E-state index in [0.29, 0.717) is 21.7 Å². The smallest absolute Gasteiger partial charge is 0.416 e. The lowest BCUT2D eigenvalue weighted by molar-refractivity contribution is -0.142. The standard InChI is InChI=1S/C29H21ClF3N3O4/c1-16-8-10-19(14-22(16)30)36-23-13-18(29(31,32)33)9-11-21(23)25(26(36)38)34-35-28(27(39)40)12-4-5-17(15-28)20-6-2-3-7-24(20)37/h2-14,35,37H,15H2,1H3,(H,39,40). The van der Waals surface area contributed by atoms with Gasteiger partial charge in [0.05, 0.1) is 16.9 Å². The molecule has 1 aliphatic heterocycles. The maximum Gasteiger partial charge on any atom is 0.416 e. The van der Waals surface area contributed by atoms with Gasteiger partial charge < -0.3 is 10.2 Å². The molecule has 0 saturated carbocycles. The molecule has 1 unspecified atom stereocenters. The lowest BCUT2D eigenvalue weighted by Gasteiger charge is -2.29. The number of hydrogen-bond acceptors (Lipinski definition) is 5. The Balaban J connectivity index is 1.57. The third-order valence-electron chi connectivity index (χ3n) is 6.79. The van der Waals surface area contributed by atoms with Crippen molar-refractivity contribution in [3.8, 4) is 5.75 Å². The lowest BCUT2D eigenvalue weighted by Crippen LogP contribution is -2.49. The topological polar surface area (TPSA) is 102 Å². The quantitative estimate of drug-likeness (QED) is 0.318. The maximum absolute atomic E-state index is 13.6. The third kappa shape index (κ3) is 4.71. The average molecular weight is 568 g/mol. The summed E-state index contributed by atoms with van der Waals surface area (Å²) in [5.74, 6) is -2.12. The van der Waals surface area contributed by atoms with E-state index in [1.54, 1.807) is 43.3 Å². The molecule has 0 spiro atoms. The largest absolute Gasteiger partial charge is 0.507 e. The monoisotopic (exact) mass is 567 g/mol. The van der Waals surface area contributed by atoms with Gasteiger partial charge in [0, 0.05) is 22.6 Å². The fourth-order valence-corrected chi connectivity index (χ4v) is 4.79. The number of alkyl halides is 3. The molecule has 7 nitrogen and oxygen atoms in total. The number of nitrogens with one attached hydrogen (secondary N) is 1. The molecule has 5 rings (SSSR count).